The second kappa shape index (κ2) is 4.49. The molecule has 0 radical (unpaired) electrons. The Hall–Kier alpha value is -0.355. The highest BCUT2D eigenvalue weighted by Crippen LogP contribution is 2.25. The zero-order valence-corrected chi connectivity index (χ0v) is 11.3. The van der Waals surface area contributed by atoms with Crippen LogP contribution in [-0.2, 0) is 4.65 Å². The van der Waals surface area contributed by atoms with E-state index >= 15 is 0 Å². The number of aliphatic hydroxyl groups is 1. The van der Waals surface area contributed by atoms with Crippen LogP contribution in [-0.4, -0.2) is 28.5 Å². The molecule has 0 aliphatic heterocycles. The van der Waals surface area contributed by atoms with Crippen LogP contribution in [0.5, 0.6) is 0 Å². The van der Waals surface area contributed by atoms with Crippen molar-refractivity contribution in [3.05, 3.63) is 17.0 Å². The van der Waals surface area contributed by atoms with E-state index in [-0.39, 0.29) is 0 Å². The van der Waals surface area contributed by atoms with E-state index in [1.165, 1.54) is 11.3 Å². The van der Waals surface area contributed by atoms with Crippen LogP contribution >= 0.6 is 11.3 Å². The molecule has 1 aromatic rings. The van der Waals surface area contributed by atoms with E-state index in [9.17, 15) is 10.1 Å². The smallest absolute Gasteiger partial charge is 0.423 e. The third-order valence-corrected chi connectivity index (χ3v) is 3.92. The lowest BCUT2D eigenvalue weighted by Crippen LogP contribution is -2.52. The molecule has 0 aliphatic rings. The van der Waals surface area contributed by atoms with Gasteiger partial charge in [-0.05, 0) is 40.7 Å². The minimum atomic E-state index is -1.01. The van der Waals surface area contributed by atoms with Crippen LogP contribution < -0.4 is 4.78 Å². The molecule has 0 bridgehead atoms. The van der Waals surface area contributed by atoms with Gasteiger partial charge in [-0.25, -0.2) is 0 Å². The molecule has 0 spiro atoms. The fraction of sp³-hybridized carbons (Fsp3) is 0.636. The lowest BCUT2D eigenvalue weighted by atomic mass is 9.82. The molecule has 0 amide bonds. The first-order valence-electron chi connectivity index (χ1n) is 5.28. The third kappa shape index (κ3) is 3.07. The van der Waals surface area contributed by atoms with Gasteiger partial charge in [0.2, 0.25) is 0 Å². The first kappa shape index (κ1) is 13.7. The van der Waals surface area contributed by atoms with Crippen LogP contribution in [0.2, 0.25) is 0 Å². The van der Waals surface area contributed by atoms with Gasteiger partial charge in [-0.2, -0.15) is 0 Å². The number of hydrogen-bond donors (Lipinski definition) is 2. The van der Waals surface area contributed by atoms with E-state index in [4.69, 9.17) is 4.65 Å². The summed E-state index contributed by atoms with van der Waals surface area (Å²) in [5.74, 6) is 0. The first-order chi connectivity index (χ1) is 7.13. The molecule has 0 aliphatic carbocycles. The lowest BCUT2D eigenvalue weighted by Gasteiger charge is -2.38. The fourth-order valence-corrected chi connectivity index (χ4v) is 1.86. The Morgan fingerprint density at radius 3 is 2.19 bits per heavy atom. The van der Waals surface area contributed by atoms with Crippen LogP contribution in [0.15, 0.2) is 12.1 Å². The molecule has 90 valence electrons. The molecule has 0 fully saturated rings. The summed E-state index contributed by atoms with van der Waals surface area (Å²) in [5, 5.41) is 19.8. The van der Waals surface area contributed by atoms with E-state index in [0.29, 0.717) is 0 Å². The highest BCUT2D eigenvalue weighted by Gasteiger charge is 2.39. The van der Waals surface area contributed by atoms with Gasteiger partial charge in [-0.1, -0.05) is 6.07 Å². The van der Waals surface area contributed by atoms with Gasteiger partial charge in [0.1, 0.15) is 0 Å². The maximum absolute atomic E-state index is 9.91. The molecule has 0 saturated carbocycles. The molecule has 1 heterocycles. The van der Waals surface area contributed by atoms with E-state index in [1.807, 2.05) is 19.1 Å². The predicted molar refractivity (Wildman–Crippen MR) is 68.1 cm³/mol. The summed E-state index contributed by atoms with van der Waals surface area (Å²) in [6.45, 7) is 8.83. The Kier molecular flexibility index (Phi) is 3.85. The SMILES string of the molecule is Cc1ccc(B(O)OC(C)(C)C(C)(C)O)s1. The van der Waals surface area contributed by atoms with Gasteiger partial charge in [-0.15, -0.1) is 11.3 Å². The maximum Gasteiger partial charge on any atom is 0.502 e. The molecule has 16 heavy (non-hydrogen) atoms. The van der Waals surface area contributed by atoms with Crippen molar-refractivity contribution < 1.29 is 14.8 Å². The highest BCUT2D eigenvalue weighted by atomic mass is 32.1. The summed E-state index contributed by atoms with van der Waals surface area (Å²) in [5.41, 5.74) is -1.83. The Morgan fingerprint density at radius 2 is 1.81 bits per heavy atom. The average molecular weight is 242 g/mol. The normalized spacial score (nSPS) is 12.9. The molecule has 1 aromatic heterocycles. The summed E-state index contributed by atoms with van der Waals surface area (Å²) in [4.78, 5) is 1.12. The number of aryl methyl sites for hydroxylation is 1. The van der Waals surface area contributed by atoms with Gasteiger partial charge in [0.05, 0.1) is 11.2 Å². The van der Waals surface area contributed by atoms with Crippen molar-refractivity contribution in [2.45, 2.75) is 45.8 Å². The monoisotopic (exact) mass is 242 g/mol. The molecular weight excluding hydrogens is 223 g/mol. The summed E-state index contributed by atoms with van der Waals surface area (Å²) in [6.07, 6.45) is 0. The van der Waals surface area contributed by atoms with E-state index in [1.54, 1.807) is 27.7 Å². The Balaban J connectivity index is 2.75. The van der Waals surface area contributed by atoms with Crippen LogP contribution in [0.25, 0.3) is 0 Å². The van der Waals surface area contributed by atoms with E-state index in [2.05, 4.69) is 0 Å². The quantitative estimate of drug-likeness (QED) is 0.782. The van der Waals surface area contributed by atoms with Gasteiger partial charge >= 0.3 is 7.12 Å². The van der Waals surface area contributed by atoms with Crippen molar-refractivity contribution in [2.24, 2.45) is 0 Å². The van der Waals surface area contributed by atoms with Crippen molar-refractivity contribution in [3.63, 3.8) is 0 Å². The summed E-state index contributed by atoms with van der Waals surface area (Å²) < 4.78 is 6.28. The number of thiophene rings is 1. The molecule has 2 N–H and O–H groups in total. The zero-order valence-electron chi connectivity index (χ0n) is 10.4. The maximum atomic E-state index is 9.91. The van der Waals surface area contributed by atoms with Gasteiger partial charge in [0, 0.05) is 9.65 Å². The van der Waals surface area contributed by atoms with Crippen LogP contribution in [0, 0.1) is 6.92 Å². The second-order valence-electron chi connectivity index (χ2n) is 4.99. The van der Waals surface area contributed by atoms with Crippen molar-refractivity contribution in [2.75, 3.05) is 0 Å². The second-order valence-corrected chi connectivity index (χ2v) is 6.31. The van der Waals surface area contributed by atoms with Crippen molar-refractivity contribution in [1.82, 2.24) is 0 Å². The van der Waals surface area contributed by atoms with Crippen molar-refractivity contribution in [3.8, 4) is 0 Å². The van der Waals surface area contributed by atoms with Gasteiger partial charge in [0.25, 0.3) is 0 Å². The predicted octanol–water partition coefficient (Wildman–Crippen LogP) is 1.31. The standard InChI is InChI=1S/C11H19BO3S/c1-8-6-7-9(16-8)12(14)15-11(4,5)10(2,3)13/h6-7,13-14H,1-5H3. The fourth-order valence-electron chi connectivity index (χ4n) is 1.07. The molecule has 0 atom stereocenters. The van der Waals surface area contributed by atoms with E-state index in [0.717, 1.165) is 9.65 Å². The van der Waals surface area contributed by atoms with Crippen molar-refractivity contribution in [1.29, 1.82) is 0 Å². The minimum Gasteiger partial charge on any atom is -0.423 e. The molecule has 3 nitrogen and oxygen atoms in total. The zero-order chi connectivity index (χ0) is 12.6. The van der Waals surface area contributed by atoms with Crippen LogP contribution in [0.4, 0.5) is 0 Å². The number of rotatable bonds is 4. The first-order valence-corrected chi connectivity index (χ1v) is 6.10. The molecular formula is C11H19BO3S. The van der Waals surface area contributed by atoms with Gasteiger partial charge in [-0.3, -0.25) is 0 Å². The summed E-state index contributed by atoms with van der Waals surface area (Å²) in [7, 11) is -0.986. The molecule has 0 saturated heterocycles. The minimum absolute atomic E-state index is 0.759. The Labute approximate surface area is 101 Å². The summed E-state index contributed by atoms with van der Waals surface area (Å²) in [6, 6.07) is 3.77. The van der Waals surface area contributed by atoms with Gasteiger partial charge < -0.3 is 14.8 Å². The third-order valence-electron chi connectivity index (χ3n) is 2.88. The van der Waals surface area contributed by atoms with Crippen molar-refractivity contribution >= 4 is 23.2 Å². The van der Waals surface area contributed by atoms with Gasteiger partial charge in [0.15, 0.2) is 0 Å². The largest absolute Gasteiger partial charge is 0.502 e. The van der Waals surface area contributed by atoms with Crippen LogP contribution in [0.3, 0.4) is 0 Å². The highest BCUT2D eigenvalue weighted by molar-refractivity contribution is 7.22. The molecule has 0 unspecified atom stereocenters. The topological polar surface area (TPSA) is 49.7 Å². The Morgan fingerprint density at radius 1 is 1.25 bits per heavy atom. The molecule has 5 heteroatoms. The van der Waals surface area contributed by atoms with E-state index < -0.39 is 18.3 Å². The average Bonchev–Trinajstić information content (AvgIpc) is 2.48. The lowest BCUT2D eigenvalue weighted by molar-refractivity contribution is -0.0981. The number of hydrogen-bond acceptors (Lipinski definition) is 4. The molecule has 0 aromatic carbocycles. The molecule has 1 rings (SSSR count). The van der Waals surface area contributed by atoms with Crippen LogP contribution in [0.1, 0.15) is 32.6 Å². The summed E-state index contributed by atoms with van der Waals surface area (Å²) >= 11 is 1.49. The Bertz CT molecular complexity index is 354.